The van der Waals surface area contributed by atoms with Crippen LogP contribution in [0.2, 0.25) is 0 Å². The molecular formula is C21H22F4N6O. The molecule has 4 rings (SSSR count). The van der Waals surface area contributed by atoms with E-state index in [1.807, 2.05) is 30.3 Å². The summed E-state index contributed by atoms with van der Waals surface area (Å²) in [5.74, 6) is -1.00. The summed E-state index contributed by atoms with van der Waals surface area (Å²) >= 11 is 0. The minimum absolute atomic E-state index is 0.00498. The van der Waals surface area contributed by atoms with Gasteiger partial charge in [0.25, 0.3) is 5.82 Å². The maximum Gasteiger partial charge on any atom is 0.453 e. The number of alkyl halides is 4. The summed E-state index contributed by atoms with van der Waals surface area (Å²) < 4.78 is 58.4. The van der Waals surface area contributed by atoms with Gasteiger partial charge in [0.05, 0.1) is 5.69 Å². The van der Waals surface area contributed by atoms with Crippen LogP contribution < -0.4 is 15.8 Å². The number of hydrogen-bond acceptors (Lipinski definition) is 6. The quantitative estimate of drug-likeness (QED) is 0.561. The number of nitrogens with zero attached hydrogens (tertiary/aromatic N) is 4. The maximum atomic E-state index is 13.2. The van der Waals surface area contributed by atoms with Gasteiger partial charge in [-0.1, -0.05) is 30.3 Å². The second-order valence-corrected chi connectivity index (χ2v) is 7.63. The number of halogens is 4. The Hall–Kier alpha value is -3.05. The van der Waals surface area contributed by atoms with Gasteiger partial charge in [0.2, 0.25) is 6.86 Å². The third-order valence-electron chi connectivity index (χ3n) is 5.67. The first-order valence-electron chi connectivity index (χ1n) is 10.1. The van der Waals surface area contributed by atoms with Crippen LogP contribution in [0.4, 0.5) is 17.6 Å². The van der Waals surface area contributed by atoms with Gasteiger partial charge >= 0.3 is 6.18 Å². The number of ether oxygens (including phenoxy) is 1. The predicted octanol–water partition coefficient (Wildman–Crippen LogP) is 3.21. The topological polar surface area (TPSA) is 90.9 Å². The molecule has 0 spiro atoms. The van der Waals surface area contributed by atoms with E-state index in [4.69, 9.17) is 10.5 Å². The van der Waals surface area contributed by atoms with Crippen molar-refractivity contribution in [3.63, 3.8) is 0 Å². The van der Waals surface area contributed by atoms with Crippen LogP contribution in [0.1, 0.15) is 29.4 Å². The molecule has 0 bridgehead atoms. The molecule has 2 aromatic carbocycles. The summed E-state index contributed by atoms with van der Waals surface area (Å²) in [6.07, 6.45) is -3.57. The summed E-state index contributed by atoms with van der Waals surface area (Å²) in [5, 5.41) is 13.1. The van der Waals surface area contributed by atoms with Crippen LogP contribution >= 0.6 is 0 Å². The third kappa shape index (κ3) is 4.58. The van der Waals surface area contributed by atoms with E-state index in [-0.39, 0.29) is 29.4 Å². The molecule has 0 saturated carbocycles. The molecule has 11 heteroatoms. The van der Waals surface area contributed by atoms with Crippen LogP contribution in [0.25, 0.3) is 5.69 Å². The lowest BCUT2D eigenvalue weighted by molar-refractivity contribution is -0.146. The predicted molar refractivity (Wildman–Crippen MR) is 108 cm³/mol. The minimum Gasteiger partial charge on any atom is -0.463 e. The van der Waals surface area contributed by atoms with Crippen LogP contribution in [-0.4, -0.2) is 39.7 Å². The van der Waals surface area contributed by atoms with E-state index in [9.17, 15) is 17.6 Å². The van der Waals surface area contributed by atoms with Gasteiger partial charge in [-0.05, 0) is 65.1 Å². The molecule has 32 heavy (non-hydrogen) atoms. The zero-order valence-corrected chi connectivity index (χ0v) is 17.0. The molecule has 7 nitrogen and oxygen atoms in total. The fraction of sp³-hybridized carbons (Fsp3) is 0.381. The Morgan fingerprint density at radius 3 is 2.66 bits per heavy atom. The number of aromatic nitrogens is 4. The molecule has 1 aromatic heterocycles. The molecule has 1 fully saturated rings. The van der Waals surface area contributed by atoms with E-state index in [0.717, 1.165) is 18.5 Å². The van der Waals surface area contributed by atoms with Gasteiger partial charge in [-0.25, -0.2) is 4.39 Å². The molecule has 1 unspecified atom stereocenters. The molecule has 3 N–H and O–H groups in total. The molecule has 0 aliphatic carbocycles. The molecule has 1 aliphatic rings. The van der Waals surface area contributed by atoms with E-state index in [1.54, 1.807) is 0 Å². The summed E-state index contributed by atoms with van der Waals surface area (Å²) in [5.41, 5.74) is 8.28. The van der Waals surface area contributed by atoms with Crippen molar-refractivity contribution in [2.24, 2.45) is 11.7 Å². The van der Waals surface area contributed by atoms with Gasteiger partial charge in [0.1, 0.15) is 5.75 Å². The Labute approximate surface area is 181 Å². The van der Waals surface area contributed by atoms with Crippen molar-refractivity contribution < 1.29 is 22.3 Å². The summed E-state index contributed by atoms with van der Waals surface area (Å²) in [6, 6.07) is 13.7. The molecular weight excluding hydrogens is 428 g/mol. The molecule has 2 heterocycles. The van der Waals surface area contributed by atoms with Crippen molar-refractivity contribution in [2.45, 2.75) is 31.1 Å². The van der Waals surface area contributed by atoms with E-state index >= 15 is 0 Å². The highest BCUT2D eigenvalue weighted by Crippen LogP contribution is 2.34. The molecule has 3 atom stereocenters. The number of nitrogens with two attached hydrogens (primary N) is 1. The van der Waals surface area contributed by atoms with Crippen molar-refractivity contribution >= 4 is 0 Å². The number of nitrogens with one attached hydrogen (secondary N) is 1. The van der Waals surface area contributed by atoms with Crippen molar-refractivity contribution in [1.29, 1.82) is 0 Å². The van der Waals surface area contributed by atoms with E-state index in [1.165, 1.54) is 18.2 Å². The highest BCUT2D eigenvalue weighted by Gasteiger charge is 2.38. The van der Waals surface area contributed by atoms with Crippen LogP contribution in [0.15, 0.2) is 48.5 Å². The lowest BCUT2D eigenvalue weighted by Gasteiger charge is -2.37. The molecule has 170 valence electrons. The smallest absolute Gasteiger partial charge is 0.453 e. The molecule has 0 amide bonds. The van der Waals surface area contributed by atoms with Crippen molar-refractivity contribution in [3.8, 4) is 11.4 Å². The van der Waals surface area contributed by atoms with E-state index in [0.29, 0.717) is 16.7 Å². The molecule has 0 radical (unpaired) electrons. The highest BCUT2D eigenvalue weighted by atomic mass is 19.4. The maximum absolute atomic E-state index is 13.2. The Kier molecular flexibility index (Phi) is 6.38. The number of rotatable bonds is 6. The molecule has 1 aliphatic heterocycles. The summed E-state index contributed by atoms with van der Waals surface area (Å²) in [6.45, 7) is -0.335. The van der Waals surface area contributed by atoms with Gasteiger partial charge in [0, 0.05) is 12.1 Å². The van der Waals surface area contributed by atoms with E-state index in [2.05, 4.69) is 20.8 Å². The average molecular weight is 450 g/mol. The number of tetrazole rings is 1. The fourth-order valence-electron chi connectivity index (χ4n) is 4.14. The lowest BCUT2D eigenvalue weighted by Crippen LogP contribution is -2.49. The SMILES string of the molecule is N[C@H]1C(Cc2cc(-n3nnnc3C(F)(F)F)ccc2OCF)CCN[C@H]1c1ccccc1. The Morgan fingerprint density at radius 2 is 1.94 bits per heavy atom. The normalized spacial score (nSPS) is 21.5. The first-order chi connectivity index (χ1) is 15.4. The second kappa shape index (κ2) is 9.21. The minimum atomic E-state index is -4.72. The van der Waals surface area contributed by atoms with Crippen LogP contribution in [0.5, 0.6) is 5.75 Å². The summed E-state index contributed by atoms with van der Waals surface area (Å²) in [4.78, 5) is 0. The standard InChI is InChI=1S/C21H22F4N6O/c22-12-32-17-7-6-16(31-20(21(23,24)25)28-29-30-31)11-15(17)10-14-8-9-27-19(18(14)26)13-4-2-1-3-5-13/h1-7,11,14,18-19,27H,8-10,12,26H2/t14?,18-,19-/m0/s1. The fourth-order valence-corrected chi connectivity index (χ4v) is 4.14. The zero-order valence-electron chi connectivity index (χ0n) is 17.0. The molecule has 3 aromatic rings. The van der Waals surface area contributed by atoms with E-state index < -0.39 is 18.9 Å². The first kappa shape index (κ1) is 22.2. The van der Waals surface area contributed by atoms with Crippen LogP contribution in [0, 0.1) is 5.92 Å². The lowest BCUT2D eigenvalue weighted by atomic mass is 9.80. The van der Waals surface area contributed by atoms with Crippen molar-refractivity contribution in [2.75, 3.05) is 13.4 Å². The Bertz CT molecular complexity index is 1040. The largest absolute Gasteiger partial charge is 0.463 e. The van der Waals surface area contributed by atoms with Gasteiger partial charge in [-0.3, -0.25) is 0 Å². The van der Waals surface area contributed by atoms with Gasteiger partial charge in [0.15, 0.2) is 0 Å². The average Bonchev–Trinajstić information content (AvgIpc) is 3.28. The molecule has 1 saturated heterocycles. The Balaban J connectivity index is 1.64. The van der Waals surface area contributed by atoms with Gasteiger partial charge in [-0.15, -0.1) is 5.10 Å². The highest BCUT2D eigenvalue weighted by molar-refractivity contribution is 5.45. The van der Waals surface area contributed by atoms with Crippen LogP contribution in [-0.2, 0) is 12.6 Å². The Morgan fingerprint density at radius 1 is 1.16 bits per heavy atom. The van der Waals surface area contributed by atoms with Gasteiger partial charge < -0.3 is 15.8 Å². The zero-order chi connectivity index (χ0) is 22.7. The van der Waals surface area contributed by atoms with Crippen molar-refractivity contribution in [3.05, 3.63) is 65.5 Å². The van der Waals surface area contributed by atoms with Gasteiger partial charge in [-0.2, -0.15) is 17.9 Å². The number of benzene rings is 2. The number of piperidine rings is 1. The second-order valence-electron chi connectivity index (χ2n) is 7.63. The first-order valence-corrected chi connectivity index (χ1v) is 10.1. The number of hydrogen-bond donors (Lipinski definition) is 2. The third-order valence-corrected chi connectivity index (χ3v) is 5.67. The monoisotopic (exact) mass is 450 g/mol. The van der Waals surface area contributed by atoms with Crippen molar-refractivity contribution in [1.82, 2.24) is 25.5 Å². The van der Waals surface area contributed by atoms with Crippen LogP contribution in [0.3, 0.4) is 0 Å². The summed E-state index contributed by atoms with van der Waals surface area (Å²) in [7, 11) is 0.